The molecule has 0 fully saturated rings. The number of hydrogen-bond acceptors (Lipinski definition) is 7. The Labute approximate surface area is 245 Å². The maximum Gasteiger partial charge on any atom is 0.323 e. The van der Waals surface area contributed by atoms with Gasteiger partial charge in [0.2, 0.25) is 0 Å². The highest BCUT2D eigenvalue weighted by Gasteiger charge is 2.15. The quantitative estimate of drug-likeness (QED) is 0.132. The number of aromatic hydroxyl groups is 1. The van der Waals surface area contributed by atoms with Crippen LogP contribution in [-0.4, -0.2) is 47.7 Å². The highest BCUT2D eigenvalue weighted by atomic mass is 16.5. The van der Waals surface area contributed by atoms with Crippen molar-refractivity contribution >= 4 is 17.4 Å². The van der Waals surface area contributed by atoms with Crippen molar-refractivity contribution in [2.75, 3.05) is 31.2 Å². The minimum atomic E-state index is -0.739. The molecule has 0 aliphatic heterocycles. The molecule has 9 nitrogen and oxygen atoms in total. The minimum absolute atomic E-state index is 0.0151. The first-order valence-electron chi connectivity index (χ1n) is 13.8. The summed E-state index contributed by atoms with van der Waals surface area (Å²) in [6, 6.07) is 28.8. The number of phenols is 1. The smallest absolute Gasteiger partial charge is 0.323 e. The van der Waals surface area contributed by atoms with Gasteiger partial charge >= 0.3 is 6.03 Å². The molecule has 4 aromatic rings. The summed E-state index contributed by atoms with van der Waals surface area (Å²) in [6.07, 6.45) is 0.0429. The molecule has 42 heavy (non-hydrogen) atoms. The van der Waals surface area contributed by atoms with Crippen molar-refractivity contribution in [2.24, 2.45) is 5.73 Å². The summed E-state index contributed by atoms with van der Waals surface area (Å²) in [6.45, 7) is 1.92. The van der Waals surface area contributed by atoms with E-state index in [2.05, 4.69) is 5.32 Å². The number of carbonyl (C=O) groups excluding carboxylic acids is 1. The van der Waals surface area contributed by atoms with Crippen molar-refractivity contribution < 1.29 is 29.6 Å². The number of aliphatic hydroxyl groups excluding tert-OH is 2. The Morgan fingerprint density at radius 3 is 2.38 bits per heavy atom. The van der Waals surface area contributed by atoms with Crippen LogP contribution in [0.25, 0.3) is 0 Å². The summed E-state index contributed by atoms with van der Waals surface area (Å²) in [5.41, 5.74) is 10.1. The van der Waals surface area contributed by atoms with E-state index in [1.54, 1.807) is 12.1 Å². The van der Waals surface area contributed by atoms with Gasteiger partial charge in [0.25, 0.3) is 0 Å². The molecule has 2 amide bonds. The maximum absolute atomic E-state index is 12.1. The third kappa shape index (κ3) is 8.79. The molecule has 0 aromatic heterocycles. The van der Waals surface area contributed by atoms with Gasteiger partial charge in [-0.1, -0.05) is 48.5 Å². The fourth-order valence-electron chi connectivity index (χ4n) is 4.46. The number of nitrogens with zero attached hydrogens (tertiary/aromatic N) is 1. The number of nitrogens with one attached hydrogen (secondary N) is 1. The van der Waals surface area contributed by atoms with Gasteiger partial charge in [0.15, 0.2) is 0 Å². The van der Waals surface area contributed by atoms with E-state index in [9.17, 15) is 20.1 Å². The average Bonchev–Trinajstić information content (AvgIpc) is 3.00. The summed E-state index contributed by atoms with van der Waals surface area (Å²) in [5.74, 6) is 0.765. The Bertz CT molecular complexity index is 1420. The molecule has 6 N–H and O–H groups in total. The zero-order valence-corrected chi connectivity index (χ0v) is 23.4. The fraction of sp³-hybridized carbons (Fsp3) is 0.242. The number of primary amides is 1. The fourth-order valence-corrected chi connectivity index (χ4v) is 4.46. The SMILES string of the molecule is NC(=O)N(c1ccccc1)c1cccc(COCCOc2ccc(CCNCC(O)c3ccc(O)c(CO)c3)cc2)c1. The van der Waals surface area contributed by atoms with Gasteiger partial charge in [0, 0.05) is 12.1 Å². The van der Waals surface area contributed by atoms with Gasteiger partial charge in [-0.3, -0.25) is 4.90 Å². The van der Waals surface area contributed by atoms with Crippen LogP contribution in [0.2, 0.25) is 0 Å². The number of amides is 2. The molecular weight excluding hydrogens is 534 g/mol. The predicted octanol–water partition coefficient (Wildman–Crippen LogP) is 4.56. The van der Waals surface area contributed by atoms with E-state index in [4.69, 9.17) is 15.2 Å². The number of ether oxygens (including phenoxy) is 2. The highest BCUT2D eigenvalue weighted by molar-refractivity contribution is 5.98. The molecule has 0 saturated carbocycles. The zero-order valence-electron chi connectivity index (χ0n) is 23.4. The molecule has 0 aliphatic carbocycles. The highest BCUT2D eigenvalue weighted by Crippen LogP contribution is 2.26. The summed E-state index contributed by atoms with van der Waals surface area (Å²) in [4.78, 5) is 13.6. The first-order chi connectivity index (χ1) is 20.4. The van der Waals surface area contributed by atoms with Crippen LogP contribution in [0.4, 0.5) is 16.2 Å². The predicted molar refractivity (Wildman–Crippen MR) is 162 cm³/mol. The van der Waals surface area contributed by atoms with E-state index in [1.807, 2.05) is 78.9 Å². The Kier molecular flexibility index (Phi) is 11.3. The van der Waals surface area contributed by atoms with E-state index in [0.717, 1.165) is 23.3 Å². The van der Waals surface area contributed by atoms with Gasteiger partial charge in [-0.25, -0.2) is 4.79 Å². The number of aliphatic hydroxyl groups is 2. The van der Waals surface area contributed by atoms with Gasteiger partial charge in [-0.15, -0.1) is 0 Å². The number of nitrogens with two attached hydrogens (primary N) is 1. The number of rotatable bonds is 15. The van der Waals surface area contributed by atoms with Crippen LogP contribution >= 0.6 is 0 Å². The number of para-hydroxylation sites is 1. The number of carbonyl (C=O) groups is 1. The standard InChI is InChI=1S/C33H37N3O6/c34-33(40)36(28-6-2-1-3-7-28)29-8-4-5-25(19-29)23-41-17-18-42-30-12-9-24(10-13-30)15-16-35-21-32(39)26-11-14-31(38)27(20-26)22-37/h1-14,19-20,32,35,37-39H,15-18,21-23H2,(H2,34,40). The van der Waals surface area contributed by atoms with Gasteiger partial charge < -0.3 is 35.8 Å². The number of anilines is 2. The molecule has 4 rings (SSSR count). The lowest BCUT2D eigenvalue weighted by Crippen LogP contribution is -2.31. The Morgan fingerprint density at radius 1 is 0.881 bits per heavy atom. The van der Waals surface area contributed by atoms with Crippen LogP contribution in [0.15, 0.2) is 97.1 Å². The van der Waals surface area contributed by atoms with E-state index in [-0.39, 0.29) is 12.4 Å². The number of hydrogen-bond donors (Lipinski definition) is 5. The number of urea groups is 1. The van der Waals surface area contributed by atoms with Crippen molar-refractivity contribution in [3.63, 3.8) is 0 Å². The van der Waals surface area contributed by atoms with Gasteiger partial charge in [0.05, 0.1) is 37.3 Å². The molecule has 0 heterocycles. The maximum atomic E-state index is 12.1. The Hall–Kier alpha value is -4.41. The molecule has 0 radical (unpaired) electrons. The Morgan fingerprint density at radius 2 is 1.64 bits per heavy atom. The van der Waals surface area contributed by atoms with Crippen LogP contribution in [0.1, 0.15) is 28.4 Å². The molecule has 4 aromatic carbocycles. The lowest BCUT2D eigenvalue weighted by atomic mass is 10.1. The van der Waals surface area contributed by atoms with Crippen LogP contribution in [0, 0.1) is 0 Å². The van der Waals surface area contributed by atoms with Gasteiger partial charge in [-0.2, -0.15) is 0 Å². The van der Waals surface area contributed by atoms with Crippen LogP contribution in [0.3, 0.4) is 0 Å². The van der Waals surface area contributed by atoms with Crippen molar-refractivity contribution in [1.82, 2.24) is 5.32 Å². The molecular formula is C33H37N3O6. The Balaban J connectivity index is 1.15. The second-order valence-corrected chi connectivity index (χ2v) is 9.74. The van der Waals surface area contributed by atoms with E-state index in [1.165, 1.54) is 11.0 Å². The molecule has 1 atom stereocenters. The van der Waals surface area contributed by atoms with Crippen molar-refractivity contribution in [2.45, 2.75) is 25.7 Å². The first kappa shape index (κ1) is 30.5. The van der Waals surface area contributed by atoms with Crippen molar-refractivity contribution in [3.05, 3.63) is 119 Å². The molecule has 1 unspecified atom stereocenters. The molecule has 9 heteroatoms. The van der Waals surface area contributed by atoms with Gasteiger partial charge in [0.1, 0.15) is 18.1 Å². The second kappa shape index (κ2) is 15.6. The van der Waals surface area contributed by atoms with E-state index >= 15 is 0 Å². The first-order valence-corrected chi connectivity index (χ1v) is 13.8. The van der Waals surface area contributed by atoms with Crippen LogP contribution in [-0.2, 0) is 24.4 Å². The molecule has 0 bridgehead atoms. The molecule has 0 saturated heterocycles. The molecule has 220 valence electrons. The number of benzene rings is 4. The third-order valence-electron chi connectivity index (χ3n) is 6.68. The van der Waals surface area contributed by atoms with E-state index < -0.39 is 12.1 Å². The van der Waals surface area contributed by atoms with Crippen LogP contribution < -0.4 is 20.7 Å². The second-order valence-electron chi connectivity index (χ2n) is 9.74. The topological polar surface area (TPSA) is 138 Å². The zero-order chi connectivity index (χ0) is 29.7. The summed E-state index contributed by atoms with van der Waals surface area (Å²) < 4.78 is 11.6. The van der Waals surface area contributed by atoms with Crippen LogP contribution in [0.5, 0.6) is 11.5 Å². The minimum Gasteiger partial charge on any atom is -0.508 e. The lowest BCUT2D eigenvalue weighted by molar-refractivity contribution is 0.0889. The summed E-state index contributed by atoms with van der Waals surface area (Å²) in [5, 5.41) is 32.6. The monoisotopic (exact) mass is 571 g/mol. The van der Waals surface area contributed by atoms with Crippen molar-refractivity contribution in [1.29, 1.82) is 0 Å². The van der Waals surface area contributed by atoms with Crippen molar-refractivity contribution in [3.8, 4) is 11.5 Å². The largest absolute Gasteiger partial charge is 0.508 e. The summed E-state index contributed by atoms with van der Waals surface area (Å²) >= 11 is 0. The van der Waals surface area contributed by atoms with Gasteiger partial charge in [-0.05, 0) is 78.2 Å². The molecule has 0 aliphatic rings. The van der Waals surface area contributed by atoms with E-state index in [0.29, 0.717) is 55.4 Å². The third-order valence-corrected chi connectivity index (χ3v) is 6.68. The normalized spacial score (nSPS) is 11.7. The molecule has 0 spiro atoms. The lowest BCUT2D eigenvalue weighted by Gasteiger charge is -2.21. The summed E-state index contributed by atoms with van der Waals surface area (Å²) in [7, 11) is 0. The average molecular weight is 572 g/mol.